The van der Waals surface area contributed by atoms with Crippen LogP contribution in [-0.2, 0) is 0 Å². The molecule has 0 N–H and O–H groups in total. The Kier molecular flexibility index (Phi) is 4.76. The molecule has 0 atom stereocenters. The molecule has 0 radical (unpaired) electrons. The average molecular weight is 368 g/mol. The van der Waals surface area contributed by atoms with Gasteiger partial charge in [0.2, 0.25) is 0 Å². The number of pyridine rings is 1. The molecule has 2 saturated carbocycles. The third-order valence-corrected chi connectivity index (χ3v) is 7.26. The molecule has 0 amide bonds. The maximum absolute atomic E-state index is 4.68. The molecule has 1 heterocycles. The quantitative estimate of drug-likeness (QED) is 0.463. The summed E-state index contributed by atoms with van der Waals surface area (Å²) in [7, 11) is 0. The van der Waals surface area contributed by atoms with E-state index in [1.165, 1.54) is 73.6 Å². The second kappa shape index (κ2) is 7.54. The monoisotopic (exact) mass is 367 g/mol. The van der Waals surface area contributed by atoms with Gasteiger partial charge in [-0.05, 0) is 67.1 Å². The van der Waals surface area contributed by atoms with Gasteiger partial charge < -0.3 is 0 Å². The van der Waals surface area contributed by atoms with Gasteiger partial charge in [0.15, 0.2) is 0 Å². The van der Waals surface area contributed by atoms with E-state index >= 15 is 0 Å². The van der Waals surface area contributed by atoms with Gasteiger partial charge in [0.1, 0.15) is 0 Å². The van der Waals surface area contributed by atoms with Crippen molar-refractivity contribution in [3.05, 3.63) is 78.5 Å². The maximum Gasteiger partial charge on any atom is 0.0702 e. The third kappa shape index (κ3) is 3.51. The predicted octanol–water partition coefficient (Wildman–Crippen LogP) is 7.63. The average Bonchev–Trinajstić information content (AvgIpc) is 3.23. The summed E-state index contributed by atoms with van der Waals surface area (Å²) in [5.41, 5.74) is 6.91. The first-order valence-corrected chi connectivity index (χ1v) is 10.9. The van der Waals surface area contributed by atoms with Gasteiger partial charge in [-0.25, -0.2) is 0 Å². The van der Waals surface area contributed by atoms with Crippen molar-refractivity contribution in [2.75, 3.05) is 0 Å². The summed E-state index contributed by atoms with van der Waals surface area (Å²) in [6, 6.07) is 24.0. The molecule has 1 heteroatoms. The van der Waals surface area contributed by atoms with E-state index in [1.54, 1.807) is 0 Å². The number of hydrogen-bond donors (Lipinski definition) is 0. The van der Waals surface area contributed by atoms with Crippen LogP contribution in [0.15, 0.2) is 72.9 Å². The van der Waals surface area contributed by atoms with Crippen molar-refractivity contribution in [2.24, 2.45) is 5.41 Å². The Labute approximate surface area is 168 Å². The molecule has 2 aliphatic carbocycles. The molecule has 3 aromatic rings. The zero-order valence-corrected chi connectivity index (χ0v) is 16.6. The van der Waals surface area contributed by atoms with Crippen LogP contribution in [0.2, 0.25) is 0 Å². The molecule has 28 heavy (non-hydrogen) atoms. The summed E-state index contributed by atoms with van der Waals surface area (Å²) < 4.78 is 0. The molecule has 1 spiro atoms. The summed E-state index contributed by atoms with van der Waals surface area (Å²) in [6.45, 7) is 0. The highest BCUT2D eigenvalue weighted by atomic mass is 14.7. The second-order valence-electron chi connectivity index (χ2n) is 8.90. The van der Waals surface area contributed by atoms with E-state index < -0.39 is 0 Å². The molecule has 0 bridgehead atoms. The van der Waals surface area contributed by atoms with Crippen molar-refractivity contribution in [2.45, 2.75) is 57.3 Å². The van der Waals surface area contributed by atoms with Gasteiger partial charge in [-0.1, -0.05) is 73.5 Å². The Morgan fingerprint density at radius 1 is 0.643 bits per heavy atom. The lowest BCUT2D eigenvalue weighted by Crippen LogP contribution is -2.23. The molecule has 142 valence electrons. The molecule has 0 saturated heterocycles. The van der Waals surface area contributed by atoms with E-state index in [0.29, 0.717) is 0 Å². The Bertz CT molecular complexity index is 893. The van der Waals surface area contributed by atoms with Crippen LogP contribution in [0, 0.1) is 5.41 Å². The normalized spacial score (nSPS) is 19.1. The zero-order valence-electron chi connectivity index (χ0n) is 16.6. The van der Waals surface area contributed by atoms with Gasteiger partial charge in [0.05, 0.1) is 5.69 Å². The van der Waals surface area contributed by atoms with E-state index in [2.05, 4.69) is 65.6 Å². The molecule has 0 unspecified atom stereocenters. The number of nitrogens with zero attached hydrogens (tertiary/aromatic N) is 1. The topological polar surface area (TPSA) is 12.9 Å². The Morgan fingerprint density at radius 3 is 1.96 bits per heavy atom. The fraction of sp³-hybridized carbons (Fsp3) is 0.370. The van der Waals surface area contributed by atoms with Crippen LogP contribution in [0.3, 0.4) is 0 Å². The van der Waals surface area contributed by atoms with Crippen molar-refractivity contribution < 1.29 is 0 Å². The minimum Gasteiger partial charge on any atom is -0.256 e. The lowest BCUT2D eigenvalue weighted by molar-refractivity contribution is 0.181. The zero-order chi connectivity index (χ0) is 18.8. The van der Waals surface area contributed by atoms with E-state index in [0.717, 1.165) is 17.0 Å². The molecule has 1 nitrogen and oxygen atoms in total. The molecule has 1 aromatic heterocycles. The molecular formula is C27H29N. The van der Waals surface area contributed by atoms with Crippen LogP contribution >= 0.6 is 0 Å². The number of aromatic nitrogens is 1. The number of hydrogen-bond acceptors (Lipinski definition) is 1. The first-order chi connectivity index (χ1) is 13.8. The van der Waals surface area contributed by atoms with Crippen molar-refractivity contribution >= 4 is 0 Å². The van der Waals surface area contributed by atoms with E-state index in [-0.39, 0.29) is 0 Å². The molecule has 2 fully saturated rings. The van der Waals surface area contributed by atoms with Crippen LogP contribution in [0.25, 0.3) is 22.4 Å². The number of benzene rings is 2. The second-order valence-corrected chi connectivity index (χ2v) is 8.90. The highest BCUT2D eigenvalue weighted by molar-refractivity contribution is 5.67. The molecular weight excluding hydrogens is 338 g/mol. The van der Waals surface area contributed by atoms with Crippen molar-refractivity contribution in [3.8, 4) is 22.4 Å². The Hall–Kier alpha value is -2.41. The summed E-state index contributed by atoms with van der Waals surface area (Å²) in [6.07, 6.45) is 13.6. The van der Waals surface area contributed by atoms with Crippen LogP contribution < -0.4 is 0 Å². The summed E-state index contributed by atoms with van der Waals surface area (Å²) in [4.78, 5) is 4.68. The van der Waals surface area contributed by atoms with Gasteiger partial charge in [-0.2, -0.15) is 0 Å². The van der Waals surface area contributed by atoms with E-state index in [9.17, 15) is 0 Å². The fourth-order valence-electron chi connectivity index (χ4n) is 5.48. The molecule has 0 aliphatic heterocycles. The van der Waals surface area contributed by atoms with Crippen LogP contribution in [-0.4, -0.2) is 4.98 Å². The van der Waals surface area contributed by atoms with Crippen molar-refractivity contribution in [3.63, 3.8) is 0 Å². The van der Waals surface area contributed by atoms with Gasteiger partial charge >= 0.3 is 0 Å². The molecule has 2 aromatic carbocycles. The summed E-state index contributed by atoms with van der Waals surface area (Å²) >= 11 is 0. The fourth-order valence-corrected chi connectivity index (χ4v) is 5.48. The minimum atomic E-state index is 0.725. The largest absolute Gasteiger partial charge is 0.256 e. The third-order valence-electron chi connectivity index (χ3n) is 7.26. The molecule has 5 rings (SSSR count). The lowest BCUT2D eigenvalue weighted by Gasteiger charge is -2.37. The van der Waals surface area contributed by atoms with Gasteiger partial charge in [-0.15, -0.1) is 0 Å². The SMILES string of the molecule is c1ccc(-c2ccc(-c3ccc(C4CCC5(CCCC5)CC4)cc3)cn2)cc1. The molecule has 2 aliphatic rings. The first-order valence-electron chi connectivity index (χ1n) is 10.9. The van der Waals surface area contributed by atoms with Gasteiger partial charge in [0.25, 0.3) is 0 Å². The summed E-state index contributed by atoms with van der Waals surface area (Å²) in [5, 5.41) is 0. The smallest absolute Gasteiger partial charge is 0.0702 e. The van der Waals surface area contributed by atoms with Gasteiger partial charge in [-0.3, -0.25) is 4.98 Å². The maximum atomic E-state index is 4.68. The minimum absolute atomic E-state index is 0.725. The van der Waals surface area contributed by atoms with Gasteiger partial charge in [0, 0.05) is 17.3 Å². The first kappa shape index (κ1) is 17.7. The summed E-state index contributed by atoms with van der Waals surface area (Å²) in [5.74, 6) is 0.763. The standard InChI is InChI=1S/C27H29N/c1-2-6-24(7-3-1)26-13-12-25(20-28-26)22-10-8-21(9-11-22)23-14-18-27(19-15-23)16-4-5-17-27/h1-3,6-13,20,23H,4-5,14-19H2. The number of rotatable bonds is 3. The Balaban J connectivity index is 1.28. The van der Waals surface area contributed by atoms with Crippen molar-refractivity contribution in [1.82, 2.24) is 4.98 Å². The van der Waals surface area contributed by atoms with Crippen LogP contribution in [0.4, 0.5) is 0 Å². The Morgan fingerprint density at radius 2 is 1.32 bits per heavy atom. The van der Waals surface area contributed by atoms with Crippen LogP contribution in [0.5, 0.6) is 0 Å². The highest BCUT2D eigenvalue weighted by Gasteiger charge is 2.37. The van der Waals surface area contributed by atoms with E-state index in [4.69, 9.17) is 0 Å². The van der Waals surface area contributed by atoms with E-state index in [1.807, 2.05) is 12.3 Å². The highest BCUT2D eigenvalue weighted by Crippen LogP contribution is 2.52. The van der Waals surface area contributed by atoms with Crippen LogP contribution in [0.1, 0.15) is 62.8 Å². The lowest BCUT2D eigenvalue weighted by atomic mass is 9.68. The van der Waals surface area contributed by atoms with Crippen molar-refractivity contribution in [1.29, 1.82) is 0 Å². The predicted molar refractivity (Wildman–Crippen MR) is 117 cm³/mol.